The number of aliphatic hydroxyl groups is 1. The van der Waals surface area contributed by atoms with Gasteiger partial charge in [-0.15, -0.1) is 0 Å². The molecular formula is C15H18O5. The minimum atomic E-state index is -1.84. The Labute approximate surface area is 116 Å². The average Bonchev–Trinajstić information content (AvgIpc) is 2.43. The van der Waals surface area contributed by atoms with E-state index in [0.717, 1.165) is 19.3 Å². The highest BCUT2D eigenvalue weighted by Gasteiger charge is 2.34. The Bertz CT molecular complexity index is 511. The van der Waals surface area contributed by atoms with Crippen molar-refractivity contribution in [1.29, 1.82) is 0 Å². The lowest BCUT2D eigenvalue weighted by Crippen LogP contribution is -2.36. The van der Waals surface area contributed by atoms with E-state index in [2.05, 4.69) is 6.07 Å². The maximum absolute atomic E-state index is 11.1. The lowest BCUT2D eigenvalue weighted by Gasteiger charge is -2.27. The molecule has 0 unspecified atom stereocenters. The van der Waals surface area contributed by atoms with E-state index in [1.807, 2.05) is 18.2 Å². The van der Waals surface area contributed by atoms with Gasteiger partial charge in [0, 0.05) is 0 Å². The van der Waals surface area contributed by atoms with E-state index in [-0.39, 0.29) is 12.3 Å². The van der Waals surface area contributed by atoms with Gasteiger partial charge in [0.25, 0.3) is 0 Å². The van der Waals surface area contributed by atoms with Crippen molar-refractivity contribution >= 4 is 11.9 Å². The topological polar surface area (TPSA) is 94.8 Å². The Kier molecular flexibility index (Phi) is 4.39. The molecule has 0 aromatic heterocycles. The van der Waals surface area contributed by atoms with Gasteiger partial charge in [-0.2, -0.15) is 0 Å². The Morgan fingerprint density at radius 3 is 2.40 bits per heavy atom. The van der Waals surface area contributed by atoms with Gasteiger partial charge in [-0.1, -0.05) is 24.3 Å². The molecule has 0 radical (unpaired) electrons. The molecule has 0 bridgehead atoms. The summed E-state index contributed by atoms with van der Waals surface area (Å²) >= 11 is 0. The van der Waals surface area contributed by atoms with Gasteiger partial charge >= 0.3 is 11.9 Å². The molecule has 3 N–H and O–H groups in total. The number of aryl methyl sites for hydroxylation is 1. The molecule has 0 spiro atoms. The molecule has 0 aliphatic heterocycles. The van der Waals surface area contributed by atoms with Crippen molar-refractivity contribution in [2.45, 2.75) is 31.8 Å². The number of carboxylic acid groups (broad SMARTS) is 2. The van der Waals surface area contributed by atoms with Gasteiger partial charge in [-0.05, 0) is 42.7 Å². The standard InChI is InChI=1S/C15H18O5/c16-13(15(19)20)12(14(17)18)8-9-5-6-10-3-1-2-4-11(10)7-9/h1-4,9,12-13,16H,5-8H2,(H,17,18)(H,19,20)/t9-,12-,13+/m1/s1. The van der Waals surface area contributed by atoms with Crippen molar-refractivity contribution in [3.8, 4) is 0 Å². The molecule has 1 aromatic carbocycles. The smallest absolute Gasteiger partial charge is 0.333 e. The molecule has 1 aliphatic carbocycles. The number of carboxylic acids is 2. The zero-order chi connectivity index (χ0) is 14.7. The summed E-state index contributed by atoms with van der Waals surface area (Å²) in [5, 5.41) is 27.4. The Morgan fingerprint density at radius 1 is 1.15 bits per heavy atom. The molecule has 20 heavy (non-hydrogen) atoms. The van der Waals surface area contributed by atoms with Gasteiger partial charge in [0.1, 0.15) is 0 Å². The largest absolute Gasteiger partial charge is 0.481 e. The fourth-order valence-electron chi connectivity index (χ4n) is 2.87. The average molecular weight is 278 g/mol. The molecule has 1 aliphatic rings. The van der Waals surface area contributed by atoms with Crippen LogP contribution in [0.25, 0.3) is 0 Å². The highest BCUT2D eigenvalue weighted by molar-refractivity contribution is 5.81. The summed E-state index contributed by atoms with van der Waals surface area (Å²) in [5.41, 5.74) is 2.46. The second kappa shape index (κ2) is 6.05. The van der Waals surface area contributed by atoms with Crippen molar-refractivity contribution in [1.82, 2.24) is 0 Å². The Hall–Kier alpha value is -1.88. The van der Waals surface area contributed by atoms with Crippen molar-refractivity contribution in [2.75, 3.05) is 0 Å². The second-order valence-electron chi connectivity index (χ2n) is 5.34. The van der Waals surface area contributed by atoms with Crippen LogP contribution in [0.2, 0.25) is 0 Å². The fraction of sp³-hybridized carbons (Fsp3) is 0.467. The van der Waals surface area contributed by atoms with E-state index >= 15 is 0 Å². The number of benzene rings is 1. The first-order valence-corrected chi connectivity index (χ1v) is 6.69. The number of hydrogen-bond acceptors (Lipinski definition) is 3. The van der Waals surface area contributed by atoms with Gasteiger partial charge < -0.3 is 15.3 Å². The summed E-state index contributed by atoms with van der Waals surface area (Å²) in [7, 11) is 0. The van der Waals surface area contributed by atoms with Crippen LogP contribution in [0.15, 0.2) is 24.3 Å². The third kappa shape index (κ3) is 3.17. The monoisotopic (exact) mass is 278 g/mol. The fourth-order valence-corrected chi connectivity index (χ4v) is 2.87. The lowest BCUT2D eigenvalue weighted by atomic mass is 9.78. The van der Waals surface area contributed by atoms with Crippen molar-refractivity contribution in [3.05, 3.63) is 35.4 Å². The maximum atomic E-state index is 11.1. The van der Waals surface area contributed by atoms with E-state index in [4.69, 9.17) is 10.2 Å². The minimum absolute atomic E-state index is 0.0972. The number of aliphatic carboxylic acids is 2. The number of carbonyl (C=O) groups is 2. The van der Waals surface area contributed by atoms with E-state index in [0.29, 0.717) is 0 Å². The summed E-state index contributed by atoms with van der Waals surface area (Å²) in [6.07, 6.45) is 0.789. The van der Waals surface area contributed by atoms with E-state index in [1.165, 1.54) is 11.1 Å². The quantitative estimate of drug-likeness (QED) is 0.755. The molecular weight excluding hydrogens is 260 g/mol. The van der Waals surface area contributed by atoms with Gasteiger partial charge in [-0.25, -0.2) is 4.79 Å². The number of fused-ring (bicyclic) bond motifs is 1. The highest BCUT2D eigenvalue weighted by Crippen LogP contribution is 2.30. The van der Waals surface area contributed by atoms with Gasteiger partial charge in [0.05, 0.1) is 5.92 Å². The number of aliphatic hydroxyl groups excluding tert-OH is 1. The van der Waals surface area contributed by atoms with Crippen LogP contribution < -0.4 is 0 Å². The van der Waals surface area contributed by atoms with Crippen molar-refractivity contribution in [2.24, 2.45) is 11.8 Å². The van der Waals surface area contributed by atoms with E-state index in [1.54, 1.807) is 0 Å². The molecule has 0 saturated carbocycles. The second-order valence-corrected chi connectivity index (χ2v) is 5.34. The van der Waals surface area contributed by atoms with Gasteiger partial charge in [-0.3, -0.25) is 4.79 Å². The zero-order valence-electron chi connectivity index (χ0n) is 11.0. The van der Waals surface area contributed by atoms with Gasteiger partial charge in [0.15, 0.2) is 6.10 Å². The third-order valence-corrected chi connectivity index (χ3v) is 3.99. The lowest BCUT2D eigenvalue weighted by molar-refractivity contribution is -0.160. The molecule has 3 atom stereocenters. The third-order valence-electron chi connectivity index (χ3n) is 3.99. The first kappa shape index (κ1) is 14.5. The molecule has 0 heterocycles. The van der Waals surface area contributed by atoms with Crippen molar-refractivity contribution in [3.63, 3.8) is 0 Å². The minimum Gasteiger partial charge on any atom is -0.481 e. The summed E-state index contributed by atoms with van der Waals surface area (Å²) in [6, 6.07) is 8.01. The zero-order valence-corrected chi connectivity index (χ0v) is 11.0. The van der Waals surface area contributed by atoms with Crippen LogP contribution in [0, 0.1) is 11.8 Å². The van der Waals surface area contributed by atoms with E-state index in [9.17, 15) is 14.7 Å². The van der Waals surface area contributed by atoms with Crippen molar-refractivity contribution < 1.29 is 24.9 Å². The molecule has 5 heteroatoms. The molecule has 108 valence electrons. The van der Waals surface area contributed by atoms with Crippen LogP contribution in [0.5, 0.6) is 0 Å². The number of hydrogen-bond donors (Lipinski definition) is 3. The molecule has 1 aromatic rings. The van der Waals surface area contributed by atoms with Crippen LogP contribution >= 0.6 is 0 Å². The first-order chi connectivity index (χ1) is 9.49. The Morgan fingerprint density at radius 2 is 1.80 bits per heavy atom. The Balaban J connectivity index is 2.06. The van der Waals surface area contributed by atoms with Crippen LogP contribution in [0.3, 0.4) is 0 Å². The summed E-state index contributed by atoms with van der Waals surface area (Å²) in [4.78, 5) is 21.9. The SMILES string of the molecule is O=C(O)[C@@H](O)[C@@H](C[C@@H]1CCc2ccccc2C1)C(=O)O. The van der Waals surface area contributed by atoms with Crippen LogP contribution in [-0.4, -0.2) is 33.4 Å². The molecule has 2 rings (SSSR count). The molecule has 5 nitrogen and oxygen atoms in total. The highest BCUT2D eigenvalue weighted by atomic mass is 16.4. The molecule has 0 amide bonds. The van der Waals surface area contributed by atoms with E-state index < -0.39 is 24.0 Å². The summed E-state index contributed by atoms with van der Waals surface area (Å²) in [5.74, 6) is -3.88. The van der Waals surface area contributed by atoms with Gasteiger partial charge in [0.2, 0.25) is 0 Å². The summed E-state index contributed by atoms with van der Waals surface area (Å²) < 4.78 is 0. The maximum Gasteiger partial charge on any atom is 0.333 e. The van der Waals surface area contributed by atoms with Crippen LogP contribution in [0.4, 0.5) is 0 Å². The first-order valence-electron chi connectivity index (χ1n) is 6.69. The van der Waals surface area contributed by atoms with Crippen LogP contribution in [0.1, 0.15) is 24.0 Å². The van der Waals surface area contributed by atoms with Crippen LogP contribution in [-0.2, 0) is 22.4 Å². The molecule has 0 saturated heterocycles. The predicted octanol–water partition coefficient (Wildman–Crippen LogP) is 1.33. The molecule has 0 fully saturated rings. The predicted molar refractivity (Wildman–Crippen MR) is 71.3 cm³/mol. The number of rotatable bonds is 5. The normalized spacial score (nSPS) is 20.8. The summed E-state index contributed by atoms with van der Waals surface area (Å²) in [6.45, 7) is 0.